The molecule has 8 aromatic heterocycles. The summed E-state index contributed by atoms with van der Waals surface area (Å²) in [6.07, 6.45) is 27.5. The third-order valence-electron chi connectivity index (χ3n) is 17.5. The van der Waals surface area contributed by atoms with Gasteiger partial charge in [0.25, 0.3) is 0 Å². The van der Waals surface area contributed by atoms with Crippen molar-refractivity contribution in [3.05, 3.63) is 169 Å². The van der Waals surface area contributed by atoms with Gasteiger partial charge in [-0.2, -0.15) is 73.9 Å². The van der Waals surface area contributed by atoms with Gasteiger partial charge in [-0.15, -0.1) is 0 Å². The number of hydrogen-bond donors (Lipinski definition) is 12. The van der Waals surface area contributed by atoms with Crippen LogP contribution in [0.1, 0.15) is 140 Å². The fraction of sp³-hybridized carbons (Fsp3) is 0.405. The monoisotopic (exact) mass is 1630 g/mol. The number of aliphatic hydroxyl groups excluding tert-OH is 4. The highest BCUT2D eigenvalue weighted by Crippen LogP contribution is 2.34. The highest BCUT2D eigenvalue weighted by atomic mass is 32.1. The van der Waals surface area contributed by atoms with Gasteiger partial charge in [-0.1, -0.05) is 133 Å². The third-order valence-corrected chi connectivity index (χ3v) is 17.5. The number of aryl methyl sites for hydroxylation is 1. The Labute approximate surface area is 688 Å². The number of ether oxygens (including phenoxy) is 6. The number of pyridine rings is 3. The summed E-state index contributed by atoms with van der Waals surface area (Å²) < 4.78 is 36.3. The van der Waals surface area contributed by atoms with Crippen molar-refractivity contribution in [2.75, 3.05) is 84.0 Å². The number of nitrogens with two attached hydrogens (primary N) is 4. The van der Waals surface area contributed by atoms with Gasteiger partial charge in [0.05, 0.1) is 73.8 Å². The highest BCUT2D eigenvalue weighted by molar-refractivity contribution is 7.59. The Bertz CT molecular complexity index is 4530. The van der Waals surface area contributed by atoms with Crippen molar-refractivity contribution >= 4 is 128 Å². The van der Waals surface area contributed by atoms with E-state index in [1.54, 1.807) is 24.8 Å². The molecule has 11 aromatic rings. The van der Waals surface area contributed by atoms with Gasteiger partial charge >= 0.3 is 0 Å². The summed E-state index contributed by atoms with van der Waals surface area (Å²) in [5.74, 6) is 6.38. The van der Waals surface area contributed by atoms with Crippen LogP contribution in [0.2, 0.25) is 0 Å². The lowest BCUT2D eigenvalue weighted by atomic mass is 10.1. The van der Waals surface area contributed by atoms with Crippen LogP contribution in [-0.2, 0) is 26.2 Å². The molecule has 4 atom stereocenters. The molecule has 0 unspecified atom stereocenters. The second-order valence-electron chi connectivity index (χ2n) is 25.9. The van der Waals surface area contributed by atoms with E-state index in [0.29, 0.717) is 78.9 Å². The van der Waals surface area contributed by atoms with Crippen LogP contribution < -0.4 is 72.6 Å². The van der Waals surface area contributed by atoms with E-state index in [1.165, 1.54) is 11.8 Å². The molecule has 0 saturated heterocycles. The van der Waals surface area contributed by atoms with Gasteiger partial charge in [-0.25, -0.2) is 24.9 Å². The van der Waals surface area contributed by atoms with Crippen molar-refractivity contribution < 1.29 is 48.8 Å². The zero-order valence-electron chi connectivity index (χ0n) is 64.6. The van der Waals surface area contributed by atoms with E-state index in [0.717, 1.165) is 139 Å². The zero-order valence-corrected chi connectivity index (χ0v) is 68.6. The smallest absolute Gasteiger partial charge is 0.231 e. The van der Waals surface area contributed by atoms with Crippen LogP contribution in [0, 0.1) is 0 Å². The van der Waals surface area contributed by atoms with E-state index < -0.39 is 0 Å². The number of hydrogen-bond acceptors (Lipinski definition) is 29. The van der Waals surface area contributed by atoms with E-state index in [2.05, 4.69) is 104 Å². The normalized spacial score (nSPS) is 12.0. The minimum absolute atomic E-state index is 0. The summed E-state index contributed by atoms with van der Waals surface area (Å²) in [7, 11) is 0. The number of imidazole rings is 1. The van der Waals surface area contributed by atoms with Crippen LogP contribution in [0.3, 0.4) is 0 Å². The molecule has 0 amide bonds. The number of nitrogens with zero attached hydrogens (tertiary/aromatic N) is 12. The van der Waals surface area contributed by atoms with E-state index in [4.69, 9.17) is 51.4 Å². The summed E-state index contributed by atoms with van der Waals surface area (Å²) in [4.78, 5) is 46.6. The molecule has 3 aromatic carbocycles. The Balaban J connectivity index is 0.000000266. The van der Waals surface area contributed by atoms with Crippen LogP contribution >= 0.6 is 54.0 Å². The number of unbranched alkanes of at least 4 members (excludes halogenated alkanes) is 3. The Morgan fingerprint density at radius 2 is 0.929 bits per heavy atom. The molecular formula is C79H112N20O10S4. The van der Waals surface area contributed by atoms with E-state index in [9.17, 15) is 20.4 Å². The molecule has 0 bridgehead atoms. The number of aliphatic hydroxyl groups is 4. The number of fused-ring (bicyclic) bond motifs is 4. The molecule has 0 spiro atoms. The van der Waals surface area contributed by atoms with Gasteiger partial charge < -0.3 is 97.4 Å². The van der Waals surface area contributed by atoms with E-state index in [-0.39, 0.29) is 142 Å². The van der Waals surface area contributed by atoms with Gasteiger partial charge in [0.1, 0.15) is 25.5 Å². The van der Waals surface area contributed by atoms with E-state index >= 15 is 0 Å². The van der Waals surface area contributed by atoms with Gasteiger partial charge in [-0.05, 0) is 104 Å². The van der Waals surface area contributed by atoms with Gasteiger partial charge in [0, 0.05) is 60.9 Å². The topological polar surface area (TPSA) is 435 Å². The predicted octanol–water partition coefficient (Wildman–Crippen LogP) is 12.1. The molecule has 0 radical (unpaired) electrons. The standard InChI is InChI=1S/C21H27N5O2.C20H25N5O2.C20H28N4O4.C18H24N6O2.4H2S/c1-2-3-8-17(9-10-27)25-20-19(13-24-21(22)26-20)28-14-18-11-15-6-4-5-7-16(15)12-23-18;1-2-5-15(9-11-26)24-19-18(12-23-20(21)25-19)27-13-17-16-7-4-3-6-14(16)8-10-22-17;1-2-3-6-15(12-25)23-19-18(11-22-20(21)24-19)26-9-4-5-14-7-8-16-17(10-14)28-13-27-16;1-2-3-6-13(11-25)22-17-15(9-20-18(19)23-17)26-12-14-10-24-8-5-4-7-16(24)21-14;;;;/h4-7,11-13,17,27H,2-3,8-10,14H2,1H3,(H3,22,24,25,26);3-4,6-8,10,12,15,26H,2,5,9,11,13H2,1H3,(H3,21,23,24,25);7-8,10-11,15,25H,2-6,9,12-13H2,1H3,(H3,21,22,23,24);4-5,7-10,13,25H,2-3,6,11-12H2,1H3,(H3,19,20,22,23);4*1H2/t17-;2*15-;13-;;;;/m0000..../s1. The molecule has 0 fully saturated rings. The maximum absolute atomic E-state index is 9.58. The largest absolute Gasteiger partial charge is 0.488 e. The first-order valence-electron chi connectivity index (χ1n) is 37.3. The molecule has 12 rings (SSSR count). The average molecular weight is 1630 g/mol. The second kappa shape index (κ2) is 50.8. The maximum atomic E-state index is 9.58. The molecule has 113 heavy (non-hydrogen) atoms. The van der Waals surface area contributed by atoms with Crippen LogP contribution in [0.5, 0.6) is 34.5 Å². The summed E-state index contributed by atoms with van der Waals surface area (Å²) >= 11 is 0. The SMILES string of the molecule is CCCC[C@@H](CCO)Nc1nc(N)ncc1OCc1cc2ccccc2cn1.CCCC[C@@H](CO)Nc1nc(N)ncc1OCCCc1ccc2c(c1)OCO2.CCCC[C@@H](CO)Nc1nc(N)ncc1OCc1cn2ccccc2n1.CCC[C@@H](CCO)Nc1nc(N)ncc1OCc1nccc2ccccc12.S.S.S.S. The van der Waals surface area contributed by atoms with Crippen LogP contribution in [0.15, 0.2) is 147 Å². The van der Waals surface area contributed by atoms with Crippen LogP contribution in [0.25, 0.3) is 27.2 Å². The van der Waals surface area contributed by atoms with Crippen molar-refractivity contribution in [2.45, 2.75) is 168 Å². The van der Waals surface area contributed by atoms with Gasteiger partial charge in [0.15, 0.2) is 57.8 Å². The lowest BCUT2D eigenvalue weighted by Crippen LogP contribution is -2.25. The zero-order chi connectivity index (χ0) is 77.0. The van der Waals surface area contributed by atoms with Crippen molar-refractivity contribution in [1.82, 2.24) is 59.2 Å². The Kier molecular flexibility index (Phi) is 42.1. The van der Waals surface area contributed by atoms with E-state index in [1.807, 2.05) is 120 Å². The third kappa shape index (κ3) is 30.1. The van der Waals surface area contributed by atoms with Gasteiger partial charge in [0.2, 0.25) is 30.6 Å². The number of nitrogens with one attached hydrogen (secondary N) is 4. The number of rotatable bonds is 39. The molecule has 34 heteroatoms. The Hall–Kier alpha value is -10.1. The lowest BCUT2D eigenvalue weighted by molar-refractivity contribution is 0.174. The molecule has 612 valence electrons. The summed E-state index contributed by atoms with van der Waals surface area (Å²) in [6, 6.07) is 31.9. The quantitative estimate of drug-likeness (QED) is 0.0159. The van der Waals surface area contributed by atoms with Crippen molar-refractivity contribution in [2.24, 2.45) is 0 Å². The number of aromatic nitrogens is 12. The molecule has 1 aliphatic heterocycles. The highest BCUT2D eigenvalue weighted by Gasteiger charge is 2.20. The molecule has 9 heterocycles. The first-order chi connectivity index (χ1) is 53.3. The molecule has 0 saturated carbocycles. The summed E-state index contributed by atoms with van der Waals surface area (Å²) in [5.41, 5.74) is 27.4. The van der Waals surface area contributed by atoms with Crippen LogP contribution in [-0.4, -0.2) is 144 Å². The number of anilines is 8. The second-order valence-corrected chi connectivity index (χ2v) is 25.9. The summed E-state index contributed by atoms with van der Waals surface area (Å²) in [6.45, 7) is 10.4. The first kappa shape index (κ1) is 93.5. The molecular weight excluding hydrogens is 1520 g/mol. The summed E-state index contributed by atoms with van der Waals surface area (Å²) in [5, 5.41) is 55.3. The lowest BCUT2D eigenvalue weighted by Gasteiger charge is -2.20. The molecule has 30 nitrogen and oxygen atoms in total. The Morgan fingerprint density at radius 3 is 1.47 bits per heavy atom. The number of nitrogen functional groups attached to an aromatic ring is 4. The fourth-order valence-corrected chi connectivity index (χ4v) is 11.7. The maximum Gasteiger partial charge on any atom is 0.231 e. The van der Waals surface area contributed by atoms with Crippen molar-refractivity contribution in [1.29, 1.82) is 0 Å². The number of benzene rings is 3. The Morgan fingerprint density at radius 1 is 0.442 bits per heavy atom. The van der Waals surface area contributed by atoms with Crippen LogP contribution in [0.4, 0.5) is 47.1 Å². The predicted molar refractivity (Wildman–Crippen MR) is 466 cm³/mol. The van der Waals surface area contributed by atoms with Gasteiger partial charge in [-0.3, -0.25) is 9.97 Å². The average Bonchev–Trinajstić information content (AvgIpc) is 0.903. The molecule has 0 aliphatic carbocycles. The molecule has 16 N–H and O–H groups in total. The fourth-order valence-electron chi connectivity index (χ4n) is 11.7. The van der Waals surface area contributed by atoms with Crippen molar-refractivity contribution in [3.63, 3.8) is 0 Å². The molecule has 1 aliphatic rings. The van der Waals surface area contributed by atoms with Crippen molar-refractivity contribution in [3.8, 4) is 34.5 Å². The first-order valence-corrected chi connectivity index (χ1v) is 37.3. The minimum atomic E-state index is -0.109. The minimum Gasteiger partial charge on any atom is -0.488 e.